The van der Waals surface area contributed by atoms with E-state index in [2.05, 4.69) is 119 Å². The summed E-state index contributed by atoms with van der Waals surface area (Å²) in [6.45, 7) is 9.60. The predicted molar refractivity (Wildman–Crippen MR) is 181 cm³/mol. The Bertz CT molecular complexity index is 1460. The monoisotopic (exact) mass is 570 g/mol. The average Bonchev–Trinajstić information content (AvgIpc) is 3.06. The van der Waals surface area contributed by atoms with Crippen LogP contribution in [0.4, 0.5) is 0 Å². The van der Waals surface area contributed by atoms with Gasteiger partial charge in [-0.15, -0.1) is 0 Å². The summed E-state index contributed by atoms with van der Waals surface area (Å²) in [5, 5.41) is 10.1. The standard InChI is InChI=1S/C42H50O/c1-5-32-13-17-37(18-14-32)42(38-19-21-39(43)22-20-38)29-25-34(26-30-42)40(3,4)33-23-27-41(28-24-33,35-9-7-6-8-10-35)36-15-11-31(2)12-16-36/h6-22,33-34,43H,5,23-30H2,1-4H3. The number of benzene rings is 4. The molecule has 0 atom stereocenters. The molecule has 4 aromatic carbocycles. The number of aryl methyl sites for hydroxylation is 2. The number of phenolic OH excluding ortho intramolecular Hbond substituents is 1. The van der Waals surface area contributed by atoms with Crippen molar-refractivity contribution in [3.63, 3.8) is 0 Å². The normalized spacial score (nSPS) is 26.2. The smallest absolute Gasteiger partial charge is 0.115 e. The second-order valence-corrected chi connectivity index (χ2v) is 14.4. The van der Waals surface area contributed by atoms with Gasteiger partial charge in [0.2, 0.25) is 0 Å². The van der Waals surface area contributed by atoms with Gasteiger partial charge < -0.3 is 5.11 Å². The minimum Gasteiger partial charge on any atom is -0.508 e. The molecule has 0 aliphatic heterocycles. The summed E-state index contributed by atoms with van der Waals surface area (Å²) in [7, 11) is 0. The van der Waals surface area contributed by atoms with Crippen LogP contribution in [0.1, 0.15) is 106 Å². The van der Waals surface area contributed by atoms with Crippen molar-refractivity contribution in [3.05, 3.63) is 137 Å². The fourth-order valence-corrected chi connectivity index (χ4v) is 9.00. The number of aromatic hydroxyl groups is 1. The molecule has 2 saturated carbocycles. The lowest BCUT2D eigenvalue weighted by molar-refractivity contribution is 0.0365. The zero-order valence-corrected chi connectivity index (χ0v) is 26.8. The molecule has 1 nitrogen and oxygen atoms in total. The highest BCUT2D eigenvalue weighted by Crippen LogP contribution is 2.57. The Morgan fingerprint density at radius 3 is 1.42 bits per heavy atom. The lowest BCUT2D eigenvalue weighted by Gasteiger charge is -2.51. The molecule has 224 valence electrons. The molecule has 0 spiro atoms. The summed E-state index contributed by atoms with van der Waals surface area (Å²) in [6.07, 6.45) is 10.9. The third-order valence-electron chi connectivity index (χ3n) is 12.0. The first-order valence-corrected chi connectivity index (χ1v) is 16.8. The molecule has 0 heterocycles. The van der Waals surface area contributed by atoms with Gasteiger partial charge in [-0.1, -0.05) is 117 Å². The van der Waals surface area contributed by atoms with Crippen molar-refractivity contribution in [3.8, 4) is 5.75 Å². The summed E-state index contributed by atoms with van der Waals surface area (Å²) < 4.78 is 0. The molecule has 0 unspecified atom stereocenters. The van der Waals surface area contributed by atoms with E-state index in [1.165, 1.54) is 84.7 Å². The minimum absolute atomic E-state index is 0.0209. The van der Waals surface area contributed by atoms with Crippen LogP contribution < -0.4 is 0 Å². The zero-order valence-electron chi connectivity index (χ0n) is 26.8. The van der Waals surface area contributed by atoms with Crippen LogP contribution in [0.15, 0.2) is 103 Å². The van der Waals surface area contributed by atoms with Gasteiger partial charge in [0, 0.05) is 10.8 Å². The first-order chi connectivity index (χ1) is 20.8. The van der Waals surface area contributed by atoms with Gasteiger partial charge in [0.05, 0.1) is 0 Å². The van der Waals surface area contributed by atoms with E-state index in [1.807, 2.05) is 12.1 Å². The molecule has 2 aliphatic carbocycles. The Labute approximate surface area is 260 Å². The van der Waals surface area contributed by atoms with Gasteiger partial charge in [-0.3, -0.25) is 0 Å². The van der Waals surface area contributed by atoms with E-state index in [4.69, 9.17) is 0 Å². The minimum atomic E-state index is 0.0209. The van der Waals surface area contributed by atoms with Crippen LogP contribution in [0, 0.1) is 24.2 Å². The summed E-state index contributed by atoms with van der Waals surface area (Å²) >= 11 is 0. The number of hydrogen-bond donors (Lipinski definition) is 1. The van der Waals surface area contributed by atoms with Crippen molar-refractivity contribution in [2.75, 3.05) is 0 Å². The van der Waals surface area contributed by atoms with Crippen LogP contribution in [0.2, 0.25) is 0 Å². The van der Waals surface area contributed by atoms with E-state index in [1.54, 1.807) is 0 Å². The molecule has 0 bridgehead atoms. The van der Waals surface area contributed by atoms with E-state index in [9.17, 15) is 5.11 Å². The van der Waals surface area contributed by atoms with E-state index in [-0.39, 0.29) is 10.8 Å². The van der Waals surface area contributed by atoms with Gasteiger partial charge in [-0.2, -0.15) is 0 Å². The number of phenols is 1. The molecular formula is C42H50O. The Balaban J connectivity index is 1.22. The van der Waals surface area contributed by atoms with Crippen molar-refractivity contribution >= 4 is 0 Å². The van der Waals surface area contributed by atoms with Crippen molar-refractivity contribution in [1.82, 2.24) is 0 Å². The number of rotatable bonds is 7. The molecule has 2 fully saturated rings. The molecule has 4 aromatic rings. The first kappa shape index (κ1) is 29.7. The van der Waals surface area contributed by atoms with Crippen molar-refractivity contribution in [2.45, 2.75) is 96.3 Å². The van der Waals surface area contributed by atoms with E-state index in [0.29, 0.717) is 11.2 Å². The lowest BCUT2D eigenvalue weighted by atomic mass is 9.53. The highest BCUT2D eigenvalue weighted by atomic mass is 16.3. The van der Waals surface area contributed by atoms with E-state index >= 15 is 0 Å². The van der Waals surface area contributed by atoms with Crippen molar-refractivity contribution < 1.29 is 5.11 Å². The van der Waals surface area contributed by atoms with Gasteiger partial charge in [0.15, 0.2) is 0 Å². The molecule has 43 heavy (non-hydrogen) atoms. The fraction of sp³-hybridized carbons (Fsp3) is 0.429. The van der Waals surface area contributed by atoms with Gasteiger partial charge in [0.1, 0.15) is 5.75 Å². The van der Waals surface area contributed by atoms with Crippen molar-refractivity contribution in [1.29, 1.82) is 0 Å². The Hall–Kier alpha value is -3.32. The first-order valence-electron chi connectivity index (χ1n) is 16.8. The van der Waals surface area contributed by atoms with Crippen LogP contribution in [0.3, 0.4) is 0 Å². The summed E-state index contributed by atoms with van der Waals surface area (Å²) in [4.78, 5) is 0. The Kier molecular flexibility index (Phi) is 8.29. The summed E-state index contributed by atoms with van der Waals surface area (Å²) in [5.41, 5.74) is 8.96. The third-order valence-corrected chi connectivity index (χ3v) is 12.0. The van der Waals surface area contributed by atoms with Crippen LogP contribution >= 0.6 is 0 Å². The molecule has 2 aliphatic rings. The maximum absolute atomic E-state index is 10.1. The fourth-order valence-electron chi connectivity index (χ4n) is 9.00. The van der Waals surface area contributed by atoms with Gasteiger partial charge >= 0.3 is 0 Å². The molecule has 6 rings (SSSR count). The maximum atomic E-state index is 10.1. The van der Waals surface area contributed by atoms with Crippen LogP contribution in [-0.2, 0) is 17.3 Å². The molecule has 0 saturated heterocycles. The quantitative estimate of drug-likeness (QED) is 0.234. The highest BCUT2D eigenvalue weighted by molar-refractivity contribution is 5.44. The average molecular weight is 571 g/mol. The zero-order chi connectivity index (χ0) is 30.1. The van der Waals surface area contributed by atoms with Gasteiger partial charge in [0.25, 0.3) is 0 Å². The van der Waals surface area contributed by atoms with Gasteiger partial charge in [-0.25, -0.2) is 0 Å². The summed E-state index contributed by atoms with van der Waals surface area (Å²) in [5.74, 6) is 1.82. The largest absolute Gasteiger partial charge is 0.508 e. The summed E-state index contributed by atoms with van der Waals surface area (Å²) in [6, 6.07) is 38.2. The predicted octanol–water partition coefficient (Wildman–Crippen LogP) is 10.9. The second kappa shape index (κ2) is 12.0. The molecule has 0 aromatic heterocycles. The lowest BCUT2D eigenvalue weighted by Crippen LogP contribution is -2.43. The van der Waals surface area contributed by atoms with Crippen LogP contribution in [0.25, 0.3) is 0 Å². The SMILES string of the molecule is CCc1ccc(C2(c3ccc(O)cc3)CCC(C(C)(C)C3CCC(c4ccccc4)(c4ccc(C)cc4)CC3)CC2)cc1. The molecule has 0 radical (unpaired) electrons. The van der Waals surface area contributed by atoms with E-state index < -0.39 is 0 Å². The highest BCUT2D eigenvalue weighted by Gasteiger charge is 2.48. The van der Waals surface area contributed by atoms with Gasteiger partial charge in [-0.05, 0) is 122 Å². The van der Waals surface area contributed by atoms with E-state index in [0.717, 1.165) is 18.3 Å². The van der Waals surface area contributed by atoms with Crippen LogP contribution in [0.5, 0.6) is 5.75 Å². The topological polar surface area (TPSA) is 20.2 Å². The maximum Gasteiger partial charge on any atom is 0.115 e. The molecule has 1 N–H and O–H groups in total. The van der Waals surface area contributed by atoms with Crippen LogP contribution in [-0.4, -0.2) is 5.11 Å². The van der Waals surface area contributed by atoms with Crippen molar-refractivity contribution in [2.24, 2.45) is 17.3 Å². The number of hydrogen-bond acceptors (Lipinski definition) is 1. The Morgan fingerprint density at radius 1 is 0.581 bits per heavy atom. The Morgan fingerprint density at radius 2 is 0.977 bits per heavy atom. The molecular weight excluding hydrogens is 520 g/mol. The molecule has 1 heteroatoms. The second-order valence-electron chi connectivity index (χ2n) is 14.4. The third kappa shape index (κ3) is 5.57. The molecule has 0 amide bonds.